The number of carbonyl (C=O) groups is 1. The van der Waals surface area contributed by atoms with Gasteiger partial charge in [-0.15, -0.1) is 0 Å². The van der Waals surface area contributed by atoms with Gasteiger partial charge in [0, 0.05) is 56.7 Å². The molecule has 0 atom stereocenters. The Bertz CT molecular complexity index is 927. The van der Waals surface area contributed by atoms with Crippen molar-refractivity contribution in [1.82, 2.24) is 9.80 Å². The zero-order chi connectivity index (χ0) is 20.6. The number of hydrogen-bond acceptors (Lipinski definition) is 6. The van der Waals surface area contributed by atoms with E-state index in [1.54, 1.807) is 4.90 Å². The Hall–Kier alpha value is -3.70. The molecule has 0 aliphatic carbocycles. The van der Waals surface area contributed by atoms with Crippen molar-refractivity contribution in [2.75, 3.05) is 31.5 Å². The van der Waals surface area contributed by atoms with Crippen LogP contribution in [0.3, 0.4) is 0 Å². The van der Waals surface area contributed by atoms with Crippen molar-refractivity contribution in [2.45, 2.75) is 6.54 Å². The van der Waals surface area contributed by atoms with Crippen LogP contribution in [0.4, 0.5) is 11.4 Å². The maximum Gasteiger partial charge on any atom is 0.269 e. The minimum Gasteiger partial charge on any atom is -0.360 e. The SMILES string of the molecule is N#C/C(=C/Nc1ccc([N+](=O)[O-])cc1)C(=O)N1CCN(Cc2ccccc2)CC1. The molecule has 0 spiro atoms. The lowest BCUT2D eigenvalue weighted by atomic mass is 10.2. The van der Waals surface area contributed by atoms with Gasteiger partial charge in [-0.25, -0.2) is 0 Å². The van der Waals surface area contributed by atoms with Gasteiger partial charge in [0.15, 0.2) is 0 Å². The number of benzene rings is 2. The molecule has 0 bridgehead atoms. The molecule has 0 unspecified atom stereocenters. The first-order valence-corrected chi connectivity index (χ1v) is 9.23. The molecule has 0 saturated carbocycles. The van der Waals surface area contributed by atoms with Gasteiger partial charge in [0.2, 0.25) is 0 Å². The number of nitriles is 1. The van der Waals surface area contributed by atoms with Crippen LogP contribution in [0.25, 0.3) is 0 Å². The van der Waals surface area contributed by atoms with E-state index in [-0.39, 0.29) is 17.2 Å². The first-order chi connectivity index (χ1) is 14.1. The lowest BCUT2D eigenvalue weighted by Gasteiger charge is -2.34. The number of amides is 1. The summed E-state index contributed by atoms with van der Waals surface area (Å²) in [6.07, 6.45) is 1.35. The molecule has 0 radical (unpaired) electrons. The molecular formula is C21H21N5O3. The average molecular weight is 391 g/mol. The minimum absolute atomic E-state index is 0.000128. The predicted octanol–water partition coefficient (Wildman–Crippen LogP) is 2.76. The third-order valence-corrected chi connectivity index (χ3v) is 4.72. The maximum atomic E-state index is 12.6. The molecule has 1 aliphatic rings. The number of nitro groups is 1. The van der Waals surface area contributed by atoms with E-state index in [1.165, 1.54) is 36.0 Å². The molecule has 1 heterocycles. The van der Waals surface area contributed by atoms with Crippen molar-refractivity contribution >= 4 is 17.3 Å². The summed E-state index contributed by atoms with van der Waals surface area (Å²) in [6, 6.07) is 17.9. The van der Waals surface area contributed by atoms with E-state index >= 15 is 0 Å². The monoisotopic (exact) mass is 391 g/mol. The van der Waals surface area contributed by atoms with Crippen molar-refractivity contribution in [1.29, 1.82) is 5.26 Å². The van der Waals surface area contributed by atoms with Crippen LogP contribution in [0.2, 0.25) is 0 Å². The normalized spacial score (nSPS) is 14.9. The van der Waals surface area contributed by atoms with Crippen molar-refractivity contribution in [3.8, 4) is 6.07 Å². The number of nitrogens with zero attached hydrogens (tertiary/aromatic N) is 4. The third kappa shape index (κ3) is 5.40. The van der Waals surface area contributed by atoms with Crippen LogP contribution in [0, 0.1) is 21.4 Å². The maximum absolute atomic E-state index is 12.6. The van der Waals surface area contributed by atoms with Gasteiger partial charge in [-0.2, -0.15) is 5.26 Å². The smallest absolute Gasteiger partial charge is 0.269 e. The first-order valence-electron chi connectivity index (χ1n) is 9.23. The van der Waals surface area contributed by atoms with E-state index in [0.717, 1.165) is 19.6 Å². The van der Waals surface area contributed by atoms with Crippen LogP contribution in [-0.2, 0) is 11.3 Å². The van der Waals surface area contributed by atoms with E-state index < -0.39 is 4.92 Å². The van der Waals surface area contributed by atoms with Crippen LogP contribution in [0.5, 0.6) is 0 Å². The Morgan fingerprint density at radius 2 is 1.76 bits per heavy atom. The Morgan fingerprint density at radius 3 is 2.34 bits per heavy atom. The molecule has 8 heteroatoms. The van der Waals surface area contributed by atoms with Gasteiger partial charge < -0.3 is 10.2 Å². The molecular weight excluding hydrogens is 370 g/mol. The lowest BCUT2D eigenvalue weighted by Crippen LogP contribution is -2.48. The minimum atomic E-state index is -0.485. The number of nitrogens with one attached hydrogen (secondary N) is 1. The number of piperazine rings is 1. The number of hydrogen-bond donors (Lipinski definition) is 1. The second-order valence-corrected chi connectivity index (χ2v) is 6.67. The number of nitro benzene ring substituents is 1. The number of non-ortho nitro benzene ring substituents is 1. The van der Waals surface area contributed by atoms with Gasteiger partial charge >= 0.3 is 0 Å². The van der Waals surface area contributed by atoms with Crippen molar-refractivity contribution < 1.29 is 9.72 Å². The molecule has 8 nitrogen and oxygen atoms in total. The van der Waals surface area contributed by atoms with Gasteiger partial charge in [-0.3, -0.25) is 19.8 Å². The summed E-state index contributed by atoms with van der Waals surface area (Å²) in [5, 5.41) is 22.9. The Kier molecular flexibility index (Phi) is 6.55. The van der Waals surface area contributed by atoms with E-state index in [9.17, 15) is 20.2 Å². The molecule has 29 heavy (non-hydrogen) atoms. The van der Waals surface area contributed by atoms with E-state index in [0.29, 0.717) is 18.8 Å². The van der Waals surface area contributed by atoms with Gasteiger partial charge in [0.05, 0.1) is 4.92 Å². The summed E-state index contributed by atoms with van der Waals surface area (Å²) in [7, 11) is 0. The predicted molar refractivity (Wildman–Crippen MR) is 109 cm³/mol. The standard InChI is InChI=1S/C21H21N5O3/c22-14-18(15-23-19-6-8-20(9-7-19)26(28)29)21(27)25-12-10-24(11-13-25)16-17-4-2-1-3-5-17/h1-9,15,23H,10-13,16H2/b18-15-. The molecule has 1 amide bonds. The van der Waals surface area contributed by atoms with E-state index in [1.807, 2.05) is 24.3 Å². The number of anilines is 1. The summed E-state index contributed by atoms with van der Waals surface area (Å²) < 4.78 is 0. The molecule has 1 N–H and O–H groups in total. The number of carbonyl (C=O) groups excluding carboxylic acids is 1. The molecule has 1 saturated heterocycles. The summed E-state index contributed by atoms with van der Waals surface area (Å²) in [5.74, 6) is -0.318. The lowest BCUT2D eigenvalue weighted by molar-refractivity contribution is -0.384. The fraction of sp³-hybridized carbons (Fsp3) is 0.238. The first kappa shape index (κ1) is 20.0. The zero-order valence-corrected chi connectivity index (χ0v) is 15.8. The highest BCUT2D eigenvalue weighted by Gasteiger charge is 2.23. The summed E-state index contributed by atoms with van der Waals surface area (Å²) in [6.45, 7) is 3.44. The Balaban J connectivity index is 1.55. The third-order valence-electron chi connectivity index (χ3n) is 4.72. The second-order valence-electron chi connectivity index (χ2n) is 6.67. The molecule has 3 rings (SSSR count). The molecule has 1 fully saturated rings. The van der Waals surface area contributed by atoms with Crippen LogP contribution < -0.4 is 5.32 Å². The molecule has 2 aromatic carbocycles. The van der Waals surface area contributed by atoms with Crippen LogP contribution in [0.1, 0.15) is 5.56 Å². The van der Waals surface area contributed by atoms with Gasteiger partial charge in [0.1, 0.15) is 11.6 Å². The highest BCUT2D eigenvalue weighted by molar-refractivity contribution is 5.97. The molecule has 2 aromatic rings. The number of rotatable bonds is 6. The summed E-state index contributed by atoms with van der Waals surface area (Å²) in [4.78, 5) is 26.8. The van der Waals surface area contributed by atoms with E-state index in [2.05, 4.69) is 22.3 Å². The Morgan fingerprint density at radius 1 is 1.10 bits per heavy atom. The van der Waals surface area contributed by atoms with Crippen molar-refractivity contribution in [3.05, 3.63) is 82.0 Å². The van der Waals surface area contributed by atoms with E-state index in [4.69, 9.17) is 0 Å². The zero-order valence-electron chi connectivity index (χ0n) is 15.8. The van der Waals surface area contributed by atoms with Crippen LogP contribution in [-0.4, -0.2) is 46.8 Å². The average Bonchev–Trinajstić information content (AvgIpc) is 2.75. The van der Waals surface area contributed by atoms with Crippen molar-refractivity contribution in [2.24, 2.45) is 0 Å². The molecule has 0 aromatic heterocycles. The van der Waals surface area contributed by atoms with Gasteiger partial charge in [-0.1, -0.05) is 30.3 Å². The highest BCUT2D eigenvalue weighted by Crippen LogP contribution is 2.16. The highest BCUT2D eigenvalue weighted by atomic mass is 16.6. The van der Waals surface area contributed by atoms with Crippen molar-refractivity contribution in [3.63, 3.8) is 0 Å². The van der Waals surface area contributed by atoms with Crippen LogP contribution in [0.15, 0.2) is 66.4 Å². The topological polar surface area (TPSA) is 103 Å². The van der Waals surface area contributed by atoms with Crippen LogP contribution >= 0.6 is 0 Å². The second kappa shape index (κ2) is 9.48. The quantitative estimate of drug-likeness (QED) is 0.352. The largest absolute Gasteiger partial charge is 0.360 e. The summed E-state index contributed by atoms with van der Waals surface area (Å²) >= 11 is 0. The Labute approximate surface area is 168 Å². The molecule has 148 valence electrons. The fourth-order valence-corrected chi connectivity index (χ4v) is 3.10. The molecule has 1 aliphatic heterocycles. The van der Waals surface area contributed by atoms with Gasteiger partial charge in [0.25, 0.3) is 11.6 Å². The van der Waals surface area contributed by atoms with Gasteiger partial charge in [-0.05, 0) is 17.7 Å². The summed E-state index contributed by atoms with van der Waals surface area (Å²) in [5.41, 5.74) is 1.77. The fourth-order valence-electron chi connectivity index (χ4n) is 3.10.